The molecule has 1 unspecified atom stereocenters. The van der Waals surface area contributed by atoms with Crippen LogP contribution in [0.1, 0.15) is 46.5 Å². The molecule has 0 aromatic carbocycles. The van der Waals surface area contributed by atoms with Gasteiger partial charge in [0.2, 0.25) is 0 Å². The second-order valence-electron chi connectivity index (χ2n) is 4.86. The molecule has 0 fully saturated rings. The van der Waals surface area contributed by atoms with Crippen LogP contribution in [0.3, 0.4) is 0 Å². The average molecular weight is 181 g/mol. The largest absolute Gasteiger partial charge is 0.310 e. The Labute approximate surface area is 82.6 Å². The van der Waals surface area contributed by atoms with Gasteiger partial charge in [-0.25, -0.2) is 0 Å². The van der Waals surface area contributed by atoms with Crippen LogP contribution >= 0.6 is 0 Å². The highest BCUT2D eigenvalue weighted by Crippen LogP contribution is 2.19. The molecule has 1 heteroatoms. The summed E-state index contributed by atoms with van der Waals surface area (Å²) in [5.74, 6) is 0. The predicted molar refractivity (Wildman–Crippen MR) is 58.9 cm³/mol. The van der Waals surface area contributed by atoms with Crippen LogP contribution in [0.15, 0.2) is 12.2 Å². The van der Waals surface area contributed by atoms with E-state index in [1.807, 2.05) is 0 Å². The lowest BCUT2D eigenvalue weighted by Gasteiger charge is -2.27. The summed E-state index contributed by atoms with van der Waals surface area (Å²) < 4.78 is 0. The van der Waals surface area contributed by atoms with Gasteiger partial charge in [0.05, 0.1) is 0 Å². The molecular weight excluding hydrogens is 158 g/mol. The van der Waals surface area contributed by atoms with Gasteiger partial charge in [0.1, 0.15) is 0 Å². The molecule has 0 saturated heterocycles. The highest BCUT2D eigenvalue weighted by Gasteiger charge is 2.16. The van der Waals surface area contributed by atoms with Crippen molar-refractivity contribution in [2.75, 3.05) is 6.54 Å². The van der Waals surface area contributed by atoms with Crippen molar-refractivity contribution >= 4 is 0 Å². The van der Waals surface area contributed by atoms with Crippen molar-refractivity contribution in [3.63, 3.8) is 0 Å². The van der Waals surface area contributed by atoms with Gasteiger partial charge in [0, 0.05) is 12.6 Å². The maximum atomic E-state index is 3.63. The maximum absolute atomic E-state index is 3.63. The highest BCUT2D eigenvalue weighted by atomic mass is 14.9. The molecule has 76 valence electrons. The van der Waals surface area contributed by atoms with E-state index in [0.29, 0.717) is 11.5 Å². The zero-order valence-electron chi connectivity index (χ0n) is 9.27. The molecule has 0 amide bonds. The second-order valence-corrected chi connectivity index (χ2v) is 4.86. The molecule has 1 aliphatic rings. The summed E-state index contributed by atoms with van der Waals surface area (Å²) in [6, 6.07) is 0.638. The molecule has 0 heterocycles. The molecule has 1 rings (SSSR count). The quantitative estimate of drug-likeness (QED) is 0.657. The molecular formula is C12H23N. The molecule has 1 atom stereocenters. The van der Waals surface area contributed by atoms with E-state index in [1.54, 1.807) is 0 Å². The van der Waals surface area contributed by atoms with Gasteiger partial charge < -0.3 is 5.32 Å². The fourth-order valence-corrected chi connectivity index (χ4v) is 1.51. The Hall–Kier alpha value is -0.300. The minimum absolute atomic E-state index is 0.450. The van der Waals surface area contributed by atoms with Crippen LogP contribution in [0.5, 0.6) is 0 Å². The number of nitrogens with one attached hydrogen (secondary N) is 1. The minimum Gasteiger partial charge on any atom is -0.310 e. The van der Waals surface area contributed by atoms with Crippen LogP contribution in [0.25, 0.3) is 0 Å². The lowest BCUT2D eigenvalue weighted by Crippen LogP contribution is -2.36. The van der Waals surface area contributed by atoms with Crippen LogP contribution in [0.2, 0.25) is 0 Å². The predicted octanol–water partition coefficient (Wildman–Crippen LogP) is 3.12. The molecule has 0 aliphatic heterocycles. The van der Waals surface area contributed by atoms with Crippen molar-refractivity contribution in [1.29, 1.82) is 0 Å². The molecule has 0 radical (unpaired) electrons. The third-order valence-corrected chi connectivity index (χ3v) is 3.05. The van der Waals surface area contributed by atoms with Crippen LogP contribution in [0.4, 0.5) is 0 Å². The van der Waals surface area contributed by atoms with Crippen molar-refractivity contribution in [3.05, 3.63) is 12.2 Å². The molecule has 0 aromatic rings. The van der Waals surface area contributed by atoms with Gasteiger partial charge in [-0.15, -0.1) is 0 Å². The topological polar surface area (TPSA) is 12.0 Å². The van der Waals surface area contributed by atoms with E-state index in [9.17, 15) is 0 Å². The van der Waals surface area contributed by atoms with E-state index in [0.717, 1.165) is 6.54 Å². The van der Waals surface area contributed by atoms with Crippen molar-refractivity contribution in [3.8, 4) is 0 Å². The summed E-state index contributed by atoms with van der Waals surface area (Å²) >= 11 is 0. The zero-order chi connectivity index (χ0) is 9.73. The van der Waals surface area contributed by atoms with Gasteiger partial charge in [0.15, 0.2) is 0 Å². The first-order valence-electron chi connectivity index (χ1n) is 5.54. The molecule has 13 heavy (non-hydrogen) atoms. The second kappa shape index (κ2) is 4.80. The number of hydrogen-bond acceptors (Lipinski definition) is 1. The van der Waals surface area contributed by atoms with Gasteiger partial charge in [-0.3, -0.25) is 0 Å². The Morgan fingerprint density at radius 1 is 1.46 bits per heavy atom. The third-order valence-electron chi connectivity index (χ3n) is 3.05. The van der Waals surface area contributed by atoms with E-state index in [4.69, 9.17) is 0 Å². The van der Waals surface area contributed by atoms with Crippen LogP contribution in [-0.4, -0.2) is 12.6 Å². The number of rotatable bonds is 4. The molecule has 1 nitrogen and oxygen atoms in total. The average Bonchev–Trinajstić information content (AvgIpc) is 2.17. The SMILES string of the molecule is CCC(C)(C)CNC1C=CCCC1. The molecule has 1 aliphatic carbocycles. The van der Waals surface area contributed by atoms with Gasteiger partial charge in [-0.2, -0.15) is 0 Å². The van der Waals surface area contributed by atoms with Crippen LogP contribution in [0, 0.1) is 5.41 Å². The van der Waals surface area contributed by atoms with Gasteiger partial charge in [-0.05, 0) is 31.1 Å². The van der Waals surface area contributed by atoms with Crippen LogP contribution in [-0.2, 0) is 0 Å². The molecule has 0 spiro atoms. The maximum Gasteiger partial charge on any atom is 0.0250 e. The highest BCUT2D eigenvalue weighted by molar-refractivity contribution is 4.97. The Morgan fingerprint density at radius 2 is 2.23 bits per heavy atom. The molecule has 0 bridgehead atoms. The fourth-order valence-electron chi connectivity index (χ4n) is 1.51. The van der Waals surface area contributed by atoms with Crippen molar-refractivity contribution in [2.24, 2.45) is 5.41 Å². The Balaban J connectivity index is 2.25. The summed E-state index contributed by atoms with van der Waals surface area (Å²) in [6.45, 7) is 8.05. The monoisotopic (exact) mass is 181 g/mol. The van der Waals surface area contributed by atoms with Crippen LogP contribution < -0.4 is 5.32 Å². The van der Waals surface area contributed by atoms with E-state index >= 15 is 0 Å². The fraction of sp³-hybridized carbons (Fsp3) is 0.833. The number of allylic oxidation sites excluding steroid dienone is 1. The molecule has 0 aromatic heterocycles. The third kappa shape index (κ3) is 3.95. The van der Waals surface area contributed by atoms with E-state index in [2.05, 4.69) is 38.2 Å². The van der Waals surface area contributed by atoms with E-state index < -0.39 is 0 Å². The van der Waals surface area contributed by atoms with Crippen molar-refractivity contribution in [2.45, 2.75) is 52.5 Å². The summed E-state index contributed by atoms with van der Waals surface area (Å²) in [7, 11) is 0. The Kier molecular flexibility index (Phi) is 3.98. The number of hydrogen-bond donors (Lipinski definition) is 1. The lowest BCUT2D eigenvalue weighted by molar-refractivity contribution is 0.313. The first kappa shape index (κ1) is 10.8. The zero-order valence-corrected chi connectivity index (χ0v) is 9.27. The van der Waals surface area contributed by atoms with Gasteiger partial charge in [0.25, 0.3) is 0 Å². The van der Waals surface area contributed by atoms with Crippen molar-refractivity contribution in [1.82, 2.24) is 5.32 Å². The summed E-state index contributed by atoms with van der Waals surface area (Å²) in [6.07, 6.45) is 9.82. The normalized spacial score (nSPS) is 23.5. The smallest absolute Gasteiger partial charge is 0.0250 e. The Morgan fingerprint density at radius 3 is 2.77 bits per heavy atom. The van der Waals surface area contributed by atoms with Crippen molar-refractivity contribution < 1.29 is 0 Å². The summed E-state index contributed by atoms with van der Waals surface area (Å²) in [5, 5.41) is 3.63. The Bertz CT molecular complexity index is 170. The lowest BCUT2D eigenvalue weighted by atomic mass is 9.89. The minimum atomic E-state index is 0.450. The molecule has 1 N–H and O–H groups in total. The van der Waals surface area contributed by atoms with E-state index in [1.165, 1.54) is 25.7 Å². The first-order valence-corrected chi connectivity index (χ1v) is 5.54. The van der Waals surface area contributed by atoms with Gasteiger partial charge >= 0.3 is 0 Å². The van der Waals surface area contributed by atoms with E-state index in [-0.39, 0.29) is 0 Å². The summed E-state index contributed by atoms with van der Waals surface area (Å²) in [5.41, 5.74) is 0.450. The van der Waals surface area contributed by atoms with Gasteiger partial charge in [-0.1, -0.05) is 32.9 Å². The first-order chi connectivity index (χ1) is 6.14. The summed E-state index contributed by atoms with van der Waals surface area (Å²) in [4.78, 5) is 0. The molecule has 0 saturated carbocycles. The standard InChI is InChI=1S/C12H23N/c1-4-12(2,3)10-13-11-8-6-5-7-9-11/h6,8,11,13H,4-5,7,9-10H2,1-3H3.